The fourth-order valence-electron chi connectivity index (χ4n) is 3.38. The molecule has 11 heteroatoms. The lowest BCUT2D eigenvalue weighted by atomic mass is 9.97. The van der Waals surface area contributed by atoms with Gasteiger partial charge in [-0.3, -0.25) is 4.79 Å². The van der Waals surface area contributed by atoms with Crippen molar-refractivity contribution < 1.29 is 9.48 Å². The number of carbonyl (C=O) groups is 1. The molecule has 0 aliphatic carbocycles. The van der Waals surface area contributed by atoms with Crippen molar-refractivity contribution in [1.29, 1.82) is 0 Å². The fourth-order valence-corrected chi connectivity index (χ4v) is 3.38. The molecule has 0 radical (unpaired) electrons. The number of piperidine rings is 1. The summed E-state index contributed by atoms with van der Waals surface area (Å²) in [6.07, 6.45) is 1.53. The number of rotatable bonds is 5. The first-order valence-corrected chi connectivity index (χ1v) is 9.25. The van der Waals surface area contributed by atoms with Gasteiger partial charge in [0.25, 0.3) is 5.95 Å². The number of carbonyl (C=O) groups excluding carboxylic acids is 1. The van der Waals surface area contributed by atoms with Crippen molar-refractivity contribution >= 4 is 29.3 Å². The van der Waals surface area contributed by atoms with Crippen molar-refractivity contribution in [2.24, 2.45) is 11.7 Å². The number of nitrogens with one attached hydrogen (secondary N) is 3. The number of aromatic amines is 2. The maximum atomic E-state index is 12.2. The molecule has 11 nitrogen and oxygen atoms in total. The van der Waals surface area contributed by atoms with Crippen molar-refractivity contribution in [3.8, 4) is 5.82 Å². The molecule has 1 amide bonds. The Kier molecular flexibility index (Phi) is 4.85. The smallest absolute Gasteiger partial charge is 0.369 e. The van der Waals surface area contributed by atoms with Crippen LogP contribution in [0, 0.1) is 5.92 Å². The third kappa shape index (κ3) is 4.03. The number of benzene rings is 1. The molecule has 2 aromatic heterocycles. The first kappa shape index (κ1) is 18.5. The van der Waals surface area contributed by atoms with Crippen LogP contribution >= 0.6 is 0 Å². The van der Waals surface area contributed by atoms with Gasteiger partial charge < -0.3 is 21.7 Å². The molecule has 29 heavy (non-hydrogen) atoms. The molecule has 3 heterocycles. The van der Waals surface area contributed by atoms with Crippen LogP contribution < -0.4 is 32.1 Å². The third-order valence-corrected chi connectivity index (χ3v) is 4.82. The molecule has 1 aromatic carbocycles. The number of nitrogens with two attached hydrogens (primary N) is 2. The van der Waals surface area contributed by atoms with E-state index in [-0.39, 0.29) is 17.8 Å². The zero-order valence-corrected chi connectivity index (χ0v) is 15.6. The van der Waals surface area contributed by atoms with E-state index in [0.717, 1.165) is 18.5 Å². The van der Waals surface area contributed by atoms with Gasteiger partial charge in [0.2, 0.25) is 11.7 Å². The first-order valence-electron chi connectivity index (χ1n) is 9.25. The summed E-state index contributed by atoms with van der Waals surface area (Å²) in [4.78, 5) is 36.5. The molecule has 3 aromatic rings. The average Bonchev–Trinajstić information content (AvgIpc) is 3.08. The Balaban J connectivity index is 1.62. The van der Waals surface area contributed by atoms with Crippen LogP contribution in [0.1, 0.15) is 12.8 Å². The molecule has 7 N–H and O–H groups in total. The van der Waals surface area contributed by atoms with Gasteiger partial charge in [-0.2, -0.15) is 4.98 Å². The van der Waals surface area contributed by atoms with E-state index in [9.17, 15) is 9.59 Å². The predicted molar refractivity (Wildman–Crippen MR) is 107 cm³/mol. The quantitative estimate of drug-likeness (QED) is 0.373. The molecule has 1 unspecified atom stereocenters. The molecule has 1 aliphatic heterocycles. The van der Waals surface area contributed by atoms with E-state index in [4.69, 9.17) is 11.5 Å². The molecule has 1 saturated heterocycles. The van der Waals surface area contributed by atoms with Crippen LogP contribution in [0.25, 0.3) is 5.82 Å². The average molecular weight is 396 g/mol. The van der Waals surface area contributed by atoms with Crippen LogP contribution in [0.3, 0.4) is 0 Å². The van der Waals surface area contributed by atoms with Gasteiger partial charge in [0, 0.05) is 24.8 Å². The SMILES string of the molecule is NC(=O)C1CCCN(c2cc(-[n+]3[nH]c(Nc4ccccc4)nc3N)[nH]c(=O)n2)C1. The van der Waals surface area contributed by atoms with Crippen LogP contribution in [-0.4, -0.2) is 39.0 Å². The summed E-state index contributed by atoms with van der Waals surface area (Å²) in [7, 11) is 0. The van der Waals surface area contributed by atoms with Gasteiger partial charge >= 0.3 is 11.6 Å². The van der Waals surface area contributed by atoms with E-state index in [1.165, 1.54) is 4.68 Å². The highest BCUT2D eigenvalue weighted by Crippen LogP contribution is 2.21. The first-order chi connectivity index (χ1) is 14.0. The van der Waals surface area contributed by atoms with Crippen LogP contribution in [0.4, 0.5) is 23.4 Å². The van der Waals surface area contributed by atoms with E-state index >= 15 is 0 Å². The lowest BCUT2D eigenvalue weighted by Crippen LogP contribution is -2.43. The zero-order valence-electron chi connectivity index (χ0n) is 15.6. The monoisotopic (exact) mass is 396 g/mol. The standard InChI is InChI=1S/C18H21N9O2/c19-15(28)11-5-4-8-26(10-11)13-9-14(23-18(29)22-13)27-16(20)24-17(25-27)21-12-6-2-1-3-7-12/h1-3,6-7,9,11H,4-5,8,10H2,(H6,19,20,21,22,23,24,25,28,29)/p+1. The van der Waals surface area contributed by atoms with Gasteiger partial charge in [-0.1, -0.05) is 23.2 Å². The van der Waals surface area contributed by atoms with E-state index < -0.39 is 5.69 Å². The van der Waals surface area contributed by atoms with Crippen molar-refractivity contribution in [3.63, 3.8) is 0 Å². The second-order valence-electron chi connectivity index (χ2n) is 6.87. The maximum Gasteiger partial charge on any atom is 0.391 e. The van der Waals surface area contributed by atoms with Crippen molar-refractivity contribution in [2.75, 3.05) is 29.0 Å². The summed E-state index contributed by atoms with van der Waals surface area (Å²) >= 11 is 0. The molecule has 0 spiro atoms. The Bertz CT molecular complexity index is 1080. The number of para-hydroxylation sites is 1. The molecule has 0 bridgehead atoms. The van der Waals surface area contributed by atoms with Crippen molar-refractivity contribution in [2.45, 2.75) is 12.8 Å². The van der Waals surface area contributed by atoms with E-state index in [1.54, 1.807) is 6.07 Å². The number of primary amides is 1. The predicted octanol–water partition coefficient (Wildman–Crippen LogP) is -0.203. The summed E-state index contributed by atoms with van der Waals surface area (Å²) in [5.74, 6) is 0.800. The highest BCUT2D eigenvalue weighted by molar-refractivity contribution is 5.77. The number of anilines is 4. The summed E-state index contributed by atoms with van der Waals surface area (Å²) in [5, 5.41) is 6.12. The minimum absolute atomic E-state index is 0.157. The lowest BCUT2D eigenvalue weighted by Gasteiger charge is -2.31. The number of amides is 1. The normalized spacial score (nSPS) is 16.6. The molecule has 150 valence electrons. The van der Waals surface area contributed by atoms with Crippen molar-refractivity contribution in [1.82, 2.24) is 20.1 Å². The number of hydrogen-bond donors (Lipinski definition) is 5. The van der Waals surface area contributed by atoms with Gasteiger partial charge in [0.15, 0.2) is 0 Å². The van der Waals surface area contributed by atoms with Gasteiger partial charge in [-0.15, -0.1) is 4.68 Å². The molecular weight excluding hydrogens is 374 g/mol. The Hall–Kier alpha value is -3.89. The number of H-pyrrole nitrogens is 2. The fraction of sp³-hybridized carbons (Fsp3) is 0.278. The highest BCUT2D eigenvalue weighted by atomic mass is 16.1. The molecule has 1 aliphatic rings. The molecular formula is C18H22N9O2+. The van der Waals surface area contributed by atoms with Gasteiger partial charge in [0.1, 0.15) is 5.82 Å². The molecule has 1 atom stereocenters. The zero-order chi connectivity index (χ0) is 20.4. The summed E-state index contributed by atoms with van der Waals surface area (Å²) in [6.45, 7) is 1.11. The minimum atomic E-state index is -0.530. The van der Waals surface area contributed by atoms with Gasteiger partial charge in [-0.05, 0) is 25.0 Å². The number of aromatic nitrogens is 5. The van der Waals surface area contributed by atoms with E-state index in [1.807, 2.05) is 35.2 Å². The molecule has 0 saturated carbocycles. The van der Waals surface area contributed by atoms with Crippen molar-refractivity contribution in [3.05, 3.63) is 46.9 Å². The minimum Gasteiger partial charge on any atom is -0.369 e. The van der Waals surface area contributed by atoms with Crippen LogP contribution in [0.5, 0.6) is 0 Å². The third-order valence-electron chi connectivity index (χ3n) is 4.82. The van der Waals surface area contributed by atoms with Gasteiger partial charge in [0.05, 0.1) is 5.92 Å². The van der Waals surface area contributed by atoms with Gasteiger partial charge in [-0.25, -0.2) is 14.9 Å². The van der Waals surface area contributed by atoms with Crippen LogP contribution in [0.15, 0.2) is 41.2 Å². The second kappa shape index (κ2) is 7.62. The number of nitrogen functional groups attached to an aromatic ring is 1. The lowest BCUT2D eigenvalue weighted by molar-refractivity contribution is -0.644. The molecule has 4 rings (SSSR count). The summed E-state index contributed by atoms with van der Waals surface area (Å²) < 4.78 is 1.45. The Labute approximate surface area is 165 Å². The summed E-state index contributed by atoms with van der Waals surface area (Å²) in [6, 6.07) is 11.2. The number of hydrogen-bond acceptors (Lipinski definition) is 7. The topological polar surface area (TPSA) is 163 Å². The van der Waals surface area contributed by atoms with Crippen LogP contribution in [0.2, 0.25) is 0 Å². The second-order valence-corrected chi connectivity index (χ2v) is 6.87. The largest absolute Gasteiger partial charge is 0.391 e. The Morgan fingerprint density at radius 3 is 2.83 bits per heavy atom. The highest BCUT2D eigenvalue weighted by Gasteiger charge is 2.26. The molecule has 1 fully saturated rings. The number of nitrogens with zero attached hydrogens (tertiary/aromatic N) is 4. The maximum absolute atomic E-state index is 12.2. The van der Waals surface area contributed by atoms with Crippen LogP contribution in [-0.2, 0) is 4.79 Å². The summed E-state index contributed by atoms with van der Waals surface area (Å²) in [5.41, 5.74) is 11.8. The van der Waals surface area contributed by atoms with E-state index in [2.05, 4.69) is 25.4 Å². The Morgan fingerprint density at radius 2 is 2.07 bits per heavy atom. The Morgan fingerprint density at radius 1 is 1.28 bits per heavy atom. The van der Waals surface area contributed by atoms with E-state index in [0.29, 0.717) is 30.7 Å².